The van der Waals surface area contributed by atoms with Crippen LogP contribution in [0.5, 0.6) is 0 Å². The molecule has 0 amide bonds. The molecule has 0 rings (SSSR count). The van der Waals surface area contributed by atoms with Gasteiger partial charge in [0.15, 0.2) is 6.10 Å². The first-order valence-corrected chi connectivity index (χ1v) is 32.2. The molecular formula is C65H124O6. The lowest BCUT2D eigenvalue weighted by Gasteiger charge is -2.18. The van der Waals surface area contributed by atoms with Crippen LogP contribution in [-0.2, 0) is 28.6 Å². The van der Waals surface area contributed by atoms with Gasteiger partial charge in [0.25, 0.3) is 0 Å². The largest absolute Gasteiger partial charge is 0.462 e. The summed E-state index contributed by atoms with van der Waals surface area (Å²) in [5, 5.41) is 0. The van der Waals surface area contributed by atoms with Crippen molar-refractivity contribution in [3.8, 4) is 0 Å². The van der Waals surface area contributed by atoms with Crippen LogP contribution in [-0.4, -0.2) is 37.2 Å². The van der Waals surface area contributed by atoms with Crippen molar-refractivity contribution in [3.05, 3.63) is 12.2 Å². The van der Waals surface area contributed by atoms with E-state index in [0.29, 0.717) is 19.3 Å². The number of allylic oxidation sites excluding steroid dienone is 2. The van der Waals surface area contributed by atoms with Gasteiger partial charge in [0.1, 0.15) is 13.2 Å². The van der Waals surface area contributed by atoms with Gasteiger partial charge < -0.3 is 14.2 Å². The van der Waals surface area contributed by atoms with Crippen LogP contribution in [0.3, 0.4) is 0 Å². The minimum atomic E-state index is -0.767. The Labute approximate surface area is 443 Å². The Morgan fingerprint density at radius 3 is 0.746 bits per heavy atom. The van der Waals surface area contributed by atoms with E-state index >= 15 is 0 Å². The number of carbonyl (C=O) groups is 3. The average molecular weight is 1000 g/mol. The maximum atomic E-state index is 12.8. The number of hydrogen-bond acceptors (Lipinski definition) is 6. The third-order valence-electron chi connectivity index (χ3n) is 14.8. The molecular weight excluding hydrogens is 877 g/mol. The molecule has 71 heavy (non-hydrogen) atoms. The molecule has 0 aliphatic carbocycles. The van der Waals surface area contributed by atoms with Gasteiger partial charge >= 0.3 is 17.9 Å². The minimum Gasteiger partial charge on any atom is -0.462 e. The highest BCUT2D eigenvalue weighted by molar-refractivity contribution is 5.71. The first-order valence-electron chi connectivity index (χ1n) is 32.2. The molecule has 420 valence electrons. The number of rotatable bonds is 60. The summed E-state index contributed by atoms with van der Waals surface area (Å²) in [5.41, 5.74) is 0. The lowest BCUT2D eigenvalue weighted by atomic mass is 10.0. The van der Waals surface area contributed by atoms with E-state index in [1.54, 1.807) is 0 Å². The van der Waals surface area contributed by atoms with Gasteiger partial charge in [0.05, 0.1) is 0 Å². The van der Waals surface area contributed by atoms with Crippen molar-refractivity contribution in [2.24, 2.45) is 0 Å². The number of ether oxygens (including phenoxy) is 3. The van der Waals surface area contributed by atoms with Gasteiger partial charge in [-0.05, 0) is 38.5 Å². The van der Waals surface area contributed by atoms with Crippen LogP contribution in [0.15, 0.2) is 12.2 Å². The third kappa shape index (κ3) is 58.9. The monoisotopic (exact) mass is 1000 g/mol. The molecule has 0 radical (unpaired) electrons. The fraction of sp³-hybridized carbons (Fsp3) is 0.923. The predicted octanol–water partition coefficient (Wildman–Crippen LogP) is 21.7. The number of hydrogen-bond donors (Lipinski definition) is 0. The summed E-state index contributed by atoms with van der Waals surface area (Å²) < 4.78 is 16.9. The molecule has 6 heteroatoms. The molecule has 0 saturated carbocycles. The molecule has 0 aliphatic rings. The number of carbonyl (C=O) groups excluding carboxylic acids is 3. The zero-order valence-electron chi connectivity index (χ0n) is 48.3. The quantitative estimate of drug-likeness (QED) is 0.0261. The Morgan fingerprint density at radius 2 is 0.479 bits per heavy atom. The zero-order chi connectivity index (χ0) is 51.4. The number of esters is 3. The van der Waals surface area contributed by atoms with Gasteiger partial charge in [-0.25, -0.2) is 0 Å². The second-order valence-electron chi connectivity index (χ2n) is 22.0. The van der Waals surface area contributed by atoms with Crippen molar-refractivity contribution in [2.75, 3.05) is 13.2 Å². The second-order valence-corrected chi connectivity index (χ2v) is 22.0. The molecule has 1 unspecified atom stereocenters. The van der Waals surface area contributed by atoms with Crippen LogP contribution in [0.1, 0.15) is 367 Å². The van der Waals surface area contributed by atoms with Crippen molar-refractivity contribution >= 4 is 17.9 Å². The number of unbranched alkanes of at least 4 members (excludes halogenated alkanes) is 47. The van der Waals surface area contributed by atoms with Crippen LogP contribution in [0, 0.1) is 0 Å². The first kappa shape index (κ1) is 69.2. The van der Waals surface area contributed by atoms with E-state index in [2.05, 4.69) is 32.9 Å². The molecule has 0 heterocycles. The zero-order valence-corrected chi connectivity index (χ0v) is 48.3. The summed E-state index contributed by atoms with van der Waals surface area (Å²) in [6.07, 6.45) is 71.1. The molecule has 0 aromatic heterocycles. The van der Waals surface area contributed by atoms with Crippen molar-refractivity contribution in [1.82, 2.24) is 0 Å². The molecule has 0 aromatic rings. The predicted molar refractivity (Wildman–Crippen MR) is 307 cm³/mol. The summed E-state index contributed by atoms with van der Waals surface area (Å²) in [5.74, 6) is -0.853. The third-order valence-corrected chi connectivity index (χ3v) is 14.8. The lowest BCUT2D eigenvalue weighted by Crippen LogP contribution is -2.30. The average Bonchev–Trinajstić information content (AvgIpc) is 3.37. The normalized spacial score (nSPS) is 12.0. The van der Waals surface area contributed by atoms with E-state index in [0.717, 1.165) is 64.2 Å². The standard InChI is InChI=1S/C65H124O6/c1-4-7-10-13-16-19-22-24-25-26-27-28-29-30-31-32-33-34-35-36-37-38-39-40-41-44-46-49-52-55-58-64(67)70-61-62(60-69-63(66)57-54-51-48-45-42-21-18-15-12-9-6-3)71-65(68)59-56-53-50-47-43-23-20-17-14-11-8-5-2/h15,18,62H,4-14,16-17,19-61H2,1-3H3/b18-15-. The summed E-state index contributed by atoms with van der Waals surface area (Å²) >= 11 is 0. The van der Waals surface area contributed by atoms with Crippen molar-refractivity contribution in [3.63, 3.8) is 0 Å². The van der Waals surface area contributed by atoms with E-state index < -0.39 is 6.10 Å². The smallest absolute Gasteiger partial charge is 0.306 e. The van der Waals surface area contributed by atoms with Gasteiger partial charge in [-0.3, -0.25) is 14.4 Å². The molecule has 0 fully saturated rings. The second kappa shape index (κ2) is 60.7. The van der Waals surface area contributed by atoms with E-state index in [4.69, 9.17) is 14.2 Å². The molecule has 0 aliphatic heterocycles. The highest BCUT2D eigenvalue weighted by Gasteiger charge is 2.19. The van der Waals surface area contributed by atoms with Crippen molar-refractivity contribution < 1.29 is 28.6 Å². The summed E-state index contributed by atoms with van der Waals surface area (Å²) in [4.78, 5) is 38.1. The van der Waals surface area contributed by atoms with Crippen molar-refractivity contribution in [1.29, 1.82) is 0 Å². The molecule has 6 nitrogen and oxygen atoms in total. The molecule has 0 N–H and O–H groups in total. The van der Waals surface area contributed by atoms with Crippen LogP contribution in [0.2, 0.25) is 0 Å². The Balaban J connectivity index is 4.02. The van der Waals surface area contributed by atoms with E-state index in [-0.39, 0.29) is 31.1 Å². The first-order chi connectivity index (χ1) is 35.0. The van der Waals surface area contributed by atoms with Gasteiger partial charge in [-0.1, -0.05) is 322 Å². The van der Waals surface area contributed by atoms with Gasteiger partial charge in [-0.2, -0.15) is 0 Å². The Morgan fingerprint density at radius 1 is 0.268 bits per heavy atom. The highest BCUT2D eigenvalue weighted by atomic mass is 16.6. The Hall–Kier alpha value is -1.85. The van der Waals surface area contributed by atoms with E-state index in [9.17, 15) is 14.4 Å². The van der Waals surface area contributed by atoms with E-state index in [1.807, 2.05) is 0 Å². The maximum Gasteiger partial charge on any atom is 0.306 e. The van der Waals surface area contributed by atoms with Crippen LogP contribution >= 0.6 is 0 Å². The SMILES string of the molecule is CCCC/C=C\CCCCCCCC(=O)OCC(COC(=O)CCCCCCCCCCCCCCCCCCCCCCCCCCCCCCCC)OC(=O)CCCCCCCCCCCCCC. The molecule has 0 aromatic carbocycles. The Bertz CT molecular complexity index is 1100. The van der Waals surface area contributed by atoms with Crippen LogP contribution in [0.25, 0.3) is 0 Å². The molecule has 0 spiro atoms. The topological polar surface area (TPSA) is 78.9 Å². The Kier molecular flexibility index (Phi) is 59.1. The summed E-state index contributed by atoms with van der Waals surface area (Å²) in [6.45, 7) is 6.65. The lowest BCUT2D eigenvalue weighted by molar-refractivity contribution is -0.167. The molecule has 0 saturated heterocycles. The van der Waals surface area contributed by atoms with Crippen LogP contribution < -0.4 is 0 Å². The molecule has 0 bridgehead atoms. The van der Waals surface area contributed by atoms with E-state index in [1.165, 1.54) is 263 Å². The fourth-order valence-corrected chi connectivity index (χ4v) is 9.90. The molecule has 1 atom stereocenters. The summed E-state index contributed by atoms with van der Waals surface area (Å²) in [6, 6.07) is 0. The van der Waals surface area contributed by atoms with Crippen molar-refractivity contribution in [2.45, 2.75) is 374 Å². The van der Waals surface area contributed by atoms with Gasteiger partial charge in [0.2, 0.25) is 0 Å². The van der Waals surface area contributed by atoms with Gasteiger partial charge in [-0.15, -0.1) is 0 Å². The summed E-state index contributed by atoms with van der Waals surface area (Å²) in [7, 11) is 0. The maximum absolute atomic E-state index is 12.8. The fourth-order valence-electron chi connectivity index (χ4n) is 9.90. The van der Waals surface area contributed by atoms with Crippen LogP contribution in [0.4, 0.5) is 0 Å². The minimum absolute atomic E-state index is 0.0667. The van der Waals surface area contributed by atoms with Gasteiger partial charge in [0, 0.05) is 19.3 Å². The highest BCUT2D eigenvalue weighted by Crippen LogP contribution is 2.18.